The van der Waals surface area contributed by atoms with Crippen molar-refractivity contribution in [2.24, 2.45) is 0 Å². The molecule has 1 fully saturated rings. The van der Waals surface area contributed by atoms with Gasteiger partial charge in [-0.15, -0.1) is 0 Å². The summed E-state index contributed by atoms with van der Waals surface area (Å²) >= 11 is 6.23. The van der Waals surface area contributed by atoms with Crippen molar-refractivity contribution < 1.29 is 17.9 Å². The molecule has 0 unspecified atom stereocenters. The SMILES string of the molecule is CCn1ccc2ccc(NC(=O)c3cc(S(=O)(=O)N4CCOCC4)ccc3Cl)cc21. The van der Waals surface area contributed by atoms with Crippen LogP contribution >= 0.6 is 11.6 Å². The van der Waals surface area contributed by atoms with E-state index in [2.05, 4.69) is 9.88 Å². The molecule has 0 spiro atoms. The van der Waals surface area contributed by atoms with E-state index < -0.39 is 15.9 Å². The molecular weight excluding hydrogens is 426 g/mol. The highest BCUT2D eigenvalue weighted by Gasteiger charge is 2.27. The number of nitrogens with one attached hydrogen (secondary N) is 1. The number of hydrogen-bond acceptors (Lipinski definition) is 4. The van der Waals surface area contributed by atoms with Gasteiger partial charge in [0.2, 0.25) is 10.0 Å². The molecule has 7 nitrogen and oxygen atoms in total. The Hall–Kier alpha value is -2.39. The smallest absolute Gasteiger partial charge is 0.257 e. The molecule has 0 bridgehead atoms. The minimum Gasteiger partial charge on any atom is -0.379 e. The lowest BCUT2D eigenvalue weighted by atomic mass is 10.2. The third-order valence-corrected chi connectivity index (χ3v) is 7.39. The van der Waals surface area contributed by atoms with Gasteiger partial charge in [-0.2, -0.15) is 4.31 Å². The summed E-state index contributed by atoms with van der Waals surface area (Å²) in [5, 5.41) is 4.09. The number of aryl methyl sites for hydroxylation is 1. The number of hydrogen-bond donors (Lipinski definition) is 1. The van der Waals surface area contributed by atoms with E-state index in [9.17, 15) is 13.2 Å². The number of fused-ring (bicyclic) bond motifs is 1. The van der Waals surface area contributed by atoms with E-state index in [0.717, 1.165) is 17.4 Å². The van der Waals surface area contributed by atoms with Crippen LogP contribution in [0, 0.1) is 0 Å². The van der Waals surface area contributed by atoms with E-state index in [1.165, 1.54) is 22.5 Å². The predicted molar refractivity (Wildman–Crippen MR) is 117 cm³/mol. The van der Waals surface area contributed by atoms with Gasteiger partial charge in [0.05, 0.1) is 34.2 Å². The fourth-order valence-electron chi connectivity index (χ4n) is 3.51. The van der Waals surface area contributed by atoms with Crippen LogP contribution in [0.15, 0.2) is 53.6 Å². The number of sulfonamides is 1. The van der Waals surface area contributed by atoms with Crippen LogP contribution in [0.4, 0.5) is 5.69 Å². The number of amides is 1. The van der Waals surface area contributed by atoms with E-state index in [4.69, 9.17) is 16.3 Å². The van der Waals surface area contributed by atoms with Crippen molar-refractivity contribution in [3.8, 4) is 0 Å². The van der Waals surface area contributed by atoms with Crippen LogP contribution < -0.4 is 5.32 Å². The number of anilines is 1. The van der Waals surface area contributed by atoms with Crippen LogP contribution in [0.3, 0.4) is 0 Å². The van der Waals surface area contributed by atoms with Crippen LogP contribution in [0.5, 0.6) is 0 Å². The molecule has 2 heterocycles. The molecule has 1 saturated heterocycles. The first-order chi connectivity index (χ1) is 14.4. The first-order valence-electron chi connectivity index (χ1n) is 9.68. The van der Waals surface area contributed by atoms with Crippen LogP contribution in [-0.2, 0) is 21.3 Å². The van der Waals surface area contributed by atoms with Gasteiger partial charge in [0, 0.05) is 31.5 Å². The van der Waals surface area contributed by atoms with E-state index in [1.807, 2.05) is 37.4 Å². The molecule has 4 rings (SSSR count). The van der Waals surface area contributed by atoms with Crippen LogP contribution in [-0.4, -0.2) is 49.5 Å². The summed E-state index contributed by atoms with van der Waals surface area (Å²) in [5.41, 5.74) is 1.72. The summed E-state index contributed by atoms with van der Waals surface area (Å²) in [5.74, 6) is -0.465. The molecule has 1 aliphatic rings. The first kappa shape index (κ1) is 20.9. The monoisotopic (exact) mass is 447 g/mol. The third kappa shape index (κ3) is 3.96. The van der Waals surface area contributed by atoms with E-state index >= 15 is 0 Å². The highest BCUT2D eigenvalue weighted by Crippen LogP contribution is 2.26. The molecule has 158 valence electrons. The number of halogens is 1. The van der Waals surface area contributed by atoms with Gasteiger partial charge in [-0.1, -0.05) is 17.7 Å². The predicted octanol–water partition coefficient (Wildman–Crippen LogP) is 3.59. The highest BCUT2D eigenvalue weighted by molar-refractivity contribution is 7.89. The second-order valence-corrected chi connectivity index (χ2v) is 9.33. The number of carbonyl (C=O) groups excluding carboxylic acids is 1. The molecule has 1 amide bonds. The molecule has 1 aliphatic heterocycles. The Morgan fingerprint density at radius 1 is 1.13 bits per heavy atom. The van der Waals surface area contributed by atoms with Crippen molar-refractivity contribution >= 4 is 44.1 Å². The summed E-state index contributed by atoms with van der Waals surface area (Å²) < 4.78 is 34.5. The number of nitrogens with zero attached hydrogens (tertiary/aromatic N) is 2. The van der Waals surface area contributed by atoms with Crippen molar-refractivity contribution in [2.45, 2.75) is 18.4 Å². The van der Waals surface area contributed by atoms with Gasteiger partial charge in [-0.05, 0) is 48.7 Å². The Labute approximate surface area is 180 Å². The number of aromatic nitrogens is 1. The average Bonchev–Trinajstić information content (AvgIpc) is 3.17. The fourth-order valence-corrected chi connectivity index (χ4v) is 5.15. The number of ether oxygens (including phenoxy) is 1. The van der Waals surface area contributed by atoms with Gasteiger partial charge >= 0.3 is 0 Å². The Kier molecular flexibility index (Phi) is 5.84. The van der Waals surface area contributed by atoms with Crippen molar-refractivity contribution in [3.05, 3.63) is 59.2 Å². The summed E-state index contributed by atoms with van der Waals surface area (Å²) in [4.78, 5) is 12.9. The highest BCUT2D eigenvalue weighted by atomic mass is 35.5. The minimum atomic E-state index is -3.73. The number of morpholine rings is 1. The quantitative estimate of drug-likeness (QED) is 0.648. The molecule has 1 aromatic heterocycles. The van der Waals surface area contributed by atoms with Crippen molar-refractivity contribution in [2.75, 3.05) is 31.6 Å². The lowest BCUT2D eigenvalue weighted by Gasteiger charge is -2.26. The maximum Gasteiger partial charge on any atom is 0.257 e. The molecule has 2 aromatic carbocycles. The normalized spacial score (nSPS) is 15.4. The third-order valence-electron chi connectivity index (χ3n) is 5.16. The minimum absolute atomic E-state index is 0.0364. The van der Waals surface area contributed by atoms with Gasteiger partial charge in [0.1, 0.15) is 0 Å². The standard InChI is InChI=1S/C21H22ClN3O4S/c1-2-24-8-7-15-3-4-16(13-20(15)24)23-21(26)18-14-17(5-6-19(18)22)30(27,28)25-9-11-29-12-10-25/h3-8,13-14H,2,9-12H2,1H3,(H,23,26). The average molecular weight is 448 g/mol. The van der Waals surface area contributed by atoms with E-state index in [1.54, 1.807) is 0 Å². The van der Waals surface area contributed by atoms with Crippen molar-refractivity contribution in [1.82, 2.24) is 8.87 Å². The van der Waals surface area contributed by atoms with Crippen LogP contribution in [0.2, 0.25) is 5.02 Å². The number of rotatable bonds is 5. The van der Waals surface area contributed by atoms with Gasteiger partial charge < -0.3 is 14.6 Å². The Morgan fingerprint density at radius 2 is 1.90 bits per heavy atom. The molecular formula is C21H22ClN3O4S. The van der Waals surface area contributed by atoms with Gasteiger partial charge in [-0.25, -0.2) is 8.42 Å². The Bertz CT molecular complexity index is 1200. The molecule has 0 saturated carbocycles. The number of carbonyl (C=O) groups is 1. The lowest BCUT2D eigenvalue weighted by molar-refractivity contribution is 0.0730. The zero-order valence-electron chi connectivity index (χ0n) is 16.5. The van der Waals surface area contributed by atoms with Gasteiger partial charge in [-0.3, -0.25) is 4.79 Å². The lowest BCUT2D eigenvalue weighted by Crippen LogP contribution is -2.40. The number of benzene rings is 2. The van der Waals surface area contributed by atoms with E-state index in [0.29, 0.717) is 18.9 Å². The summed E-state index contributed by atoms with van der Waals surface area (Å²) in [6.07, 6.45) is 1.99. The zero-order chi connectivity index (χ0) is 21.3. The molecule has 30 heavy (non-hydrogen) atoms. The summed E-state index contributed by atoms with van der Waals surface area (Å²) in [7, 11) is -3.73. The van der Waals surface area contributed by atoms with Crippen molar-refractivity contribution in [3.63, 3.8) is 0 Å². The van der Waals surface area contributed by atoms with E-state index in [-0.39, 0.29) is 28.6 Å². The topological polar surface area (TPSA) is 80.6 Å². The fraction of sp³-hybridized carbons (Fsp3) is 0.286. The van der Waals surface area contributed by atoms with Gasteiger partial charge in [0.15, 0.2) is 0 Å². The molecule has 0 aliphatic carbocycles. The van der Waals surface area contributed by atoms with Gasteiger partial charge in [0.25, 0.3) is 5.91 Å². The zero-order valence-corrected chi connectivity index (χ0v) is 18.0. The molecule has 0 radical (unpaired) electrons. The van der Waals surface area contributed by atoms with Crippen molar-refractivity contribution in [1.29, 1.82) is 0 Å². The Balaban J connectivity index is 1.62. The second-order valence-electron chi connectivity index (χ2n) is 6.99. The maximum absolute atomic E-state index is 12.9. The van der Waals surface area contributed by atoms with Crippen LogP contribution in [0.25, 0.3) is 10.9 Å². The summed E-state index contributed by atoms with van der Waals surface area (Å²) in [6.45, 7) is 4.12. The molecule has 0 atom stereocenters. The maximum atomic E-state index is 12.9. The first-order valence-corrected chi connectivity index (χ1v) is 11.5. The van der Waals surface area contributed by atoms with Crippen LogP contribution in [0.1, 0.15) is 17.3 Å². The molecule has 1 N–H and O–H groups in total. The molecule has 9 heteroatoms. The molecule has 3 aromatic rings. The second kappa shape index (κ2) is 8.39. The largest absolute Gasteiger partial charge is 0.379 e. The Morgan fingerprint density at radius 3 is 2.63 bits per heavy atom. The summed E-state index contributed by atoms with van der Waals surface area (Å²) in [6, 6.07) is 11.8.